The van der Waals surface area contributed by atoms with Gasteiger partial charge in [0.2, 0.25) is 12.5 Å². The first-order valence-corrected chi connectivity index (χ1v) is 14.9. The summed E-state index contributed by atoms with van der Waals surface area (Å²) >= 11 is 12.7. The molecule has 0 bridgehead atoms. The number of hydrogen-bond acceptors (Lipinski definition) is 7. The first kappa shape index (κ1) is 27.8. The van der Waals surface area contributed by atoms with Crippen LogP contribution in [0.15, 0.2) is 67.4 Å². The van der Waals surface area contributed by atoms with Gasteiger partial charge in [0.1, 0.15) is 19.3 Å². The van der Waals surface area contributed by atoms with Crippen LogP contribution in [0.4, 0.5) is 0 Å². The maximum Gasteiger partial charge on any atom is 0.231 e. The SMILES string of the molecule is COc1ccc2cc3[n+](cc2c1OCCN(CCn1cncn1)Cc1ccc(Cl)cc1Cl)CCc1cc2c(cc1-3)OCO2. The first-order valence-electron chi connectivity index (χ1n) is 14.1. The smallest absolute Gasteiger partial charge is 0.231 e. The molecular formula is C32H30Cl2N5O4+. The Morgan fingerprint density at radius 1 is 1.05 bits per heavy atom. The Bertz CT molecular complexity index is 1800. The second-order valence-corrected chi connectivity index (χ2v) is 11.4. The average Bonchev–Trinajstić information content (AvgIpc) is 3.71. The molecule has 0 saturated heterocycles. The molecular weight excluding hydrogens is 589 g/mol. The summed E-state index contributed by atoms with van der Waals surface area (Å²) in [5, 5.41) is 7.58. The lowest BCUT2D eigenvalue weighted by Gasteiger charge is -2.23. The molecule has 0 radical (unpaired) electrons. The Balaban J connectivity index is 1.14. The molecule has 2 aromatic heterocycles. The van der Waals surface area contributed by atoms with Crippen LogP contribution in [0.25, 0.3) is 22.0 Å². The lowest BCUT2D eigenvalue weighted by molar-refractivity contribution is -0.686. The monoisotopic (exact) mass is 618 g/mol. The van der Waals surface area contributed by atoms with E-state index < -0.39 is 0 Å². The number of pyridine rings is 1. The van der Waals surface area contributed by atoms with E-state index in [1.54, 1.807) is 25.8 Å². The highest BCUT2D eigenvalue weighted by molar-refractivity contribution is 6.35. The second kappa shape index (κ2) is 11.9. The maximum absolute atomic E-state index is 6.52. The van der Waals surface area contributed by atoms with Crippen LogP contribution in [0.3, 0.4) is 0 Å². The molecule has 2 aliphatic rings. The third-order valence-electron chi connectivity index (χ3n) is 7.97. The van der Waals surface area contributed by atoms with Gasteiger partial charge in [0.05, 0.1) is 24.6 Å². The zero-order valence-corrected chi connectivity index (χ0v) is 25.1. The number of halogens is 2. The Kier molecular flexibility index (Phi) is 7.69. The van der Waals surface area contributed by atoms with Gasteiger partial charge in [0.25, 0.3) is 0 Å². The minimum atomic E-state index is 0.265. The van der Waals surface area contributed by atoms with E-state index in [0.717, 1.165) is 58.8 Å². The summed E-state index contributed by atoms with van der Waals surface area (Å²) in [4.78, 5) is 6.35. The summed E-state index contributed by atoms with van der Waals surface area (Å²) in [6.07, 6.45) is 6.34. The number of ether oxygens (including phenoxy) is 4. The molecule has 5 aromatic rings. The summed E-state index contributed by atoms with van der Waals surface area (Å²) in [6.45, 7) is 4.29. The van der Waals surface area contributed by atoms with E-state index in [0.29, 0.717) is 42.0 Å². The number of rotatable bonds is 10. The standard InChI is InChI=1S/C32H30Cl2N5O4/c1-40-29-5-3-21-12-28-25-15-31-30(42-20-43-31)13-22(25)6-7-38(28)17-26(21)32(29)41-11-10-37(8-9-39-19-35-18-36-39)16-23-2-4-24(33)14-27(23)34/h2-5,12-15,17-19H,6-11,16,20H2,1H3/q+1. The van der Waals surface area contributed by atoms with Gasteiger partial charge < -0.3 is 18.9 Å². The zero-order valence-electron chi connectivity index (χ0n) is 23.6. The number of nitrogens with zero attached hydrogens (tertiary/aromatic N) is 5. The van der Waals surface area contributed by atoms with E-state index in [1.165, 1.54) is 11.1 Å². The van der Waals surface area contributed by atoms with Crippen molar-refractivity contribution in [1.82, 2.24) is 19.7 Å². The normalized spacial score (nSPS) is 13.3. The van der Waals surface area contributed by atoms with Crippen LogP contribution in [0, 0.1) is 0 Å². The third kappa shape index (κ3) is 5.68. The van der Waals surface area contributed by atoms with Crippen molar-refractivity contribution >= 4 is 34.0 Å². The summed E-state index contributed by atoms with van der Waals surface area (Å²) in [5.41, 5.74) is 4.57. The molecule has 0 amide bonds. The van der Waals surface area contributed by atoms with Crippen molar-refractivity contribution in [3.05, 3.63) is 88.6 Å². The zero-order chi connectivity index (χ0) is 29.3. The minimum absolute atomic E-state index is 0.265. The highest BCUT2D eigenvalue weighted by atomic mass is 35.5. The fourth-order valence-electron chi connectivity index (χ4n) is 5.74. The van der Waals surface area contributed by atoms with Gasteiger partial charge in [-0.1, -0.05) is 29.3 Å². The lowest BCUT2D eigenvalue weighted by Crippen LogP contribution is -2.40. The molecule has 2 aliphatic heterocycles. The third-order valence-corrected chi connectivity index (χ3v) is 8.56. The maximum atomic E-state index is 6.52. The van der Waals surface area contributed by atoms with Crippen LogP contribution in [-0.4, -0.2) is 53.3 Å². The van der Waals surface area contributed by atoms with Gasteiger partial charge in [-0.3, -0.25) is 9.58 Å². The van der Waals surface area contributed by atoms with Gasteiger partial charge >= 0.3 is 0 Å². The van der Waals surface area contributed by atoms with Crippen LogP contribution in [0.2, 0.25) is 10.0 Å². The topological polar surface area (TPSA) is 74.8 Å². The molecule has 0 spiro atoms. The van der Waals surface area contributed by atoms with Gasteiger partial charge in [0, 0.05) is 42.2 Å². The Labute approximate surface area is 259 Å². The van der Waals surface area contributed by atoms with Crippen molar-refractivity contribution in [2.24, 2.45) is 0 Å². The molecule has 0 saturated carbocycles. The quantitative estimate of drug-likeness (QED) is 0.190. The van der Waals surface area contributed by atoms with Crippen LogP contribution in [0.5, 0.6) is 23.0 Å². The summed E-state index contributed by atoms with van der Waals surface area (Å²) < 4.78 is 27.7. The molecule has 0 atom stereocenters. The second-order valence-electron chi connectivity index (χ2n) is 10.6. The predicted octanol–water partition coefficient (Wildman–Crippen LogP) is 5.57. The van der Waals surface area contributed by atoms with Crippen LogP contribution >= 0.6 is 23.2 Å². The molecule has 4 heterocycles. The Morgan fingerprint density at radius 2 is 1.93 bits per heavy atom. The van der Waals surface area contributed by atoms with Crippen LogP contribution in [0.1, 0.15) is 11.1 Å². The van der Waals surface area contributed by atoms with Gasteiger partial charge in [-0.15, -0.1) is 0 Å². The van der Waals surface area contributed by atoms with Crippen molar-refractivity contribution in [3.63, 3.8) is 0 Å². The van der Waals surface area contributed by atoms with Gasteiger partial charge in [-0.05, 0) is 52.9 Å². The first-order chi connectivity index (χ1) is 21.1. The van der Waals surface area contributed by atoms with Crippen molar-refractivity contribution in [2.75, 3.05) is 33.6 Å². The molecule has 0 unspecified atom stereocenters. The molecule has 7 rings (SSSR count). The summed E-state index contributed by atoms with van der Waals surface area (Å²) in [7, 11) is 1.67. The minimum Gasteiger partial charge on any atom is -0.493 e. The molecule has 11 heteroatoms. The van der Waals surface area contributed by atoms with E-state index in [2.05, 4.69) is 50.0 Å². The Morgan fingerprint density at radius 3 is 2.74 bits per heavy atom. The Hall–Kier alpha value is -4.05. The molecule has 0 N–H and O–H groups in total. The fourth-order valence-corrected chi connectivity index (χ4v) is 6.20. The number of fused-ring (bicyclic) bond motifs is 5. The van der Waals surface area contributed by atoms with Crippen molar-refractivity contribution in [2.45, 2.75) is 26.1 Å². The van der Waals surface area contributed by atoms with Crippen molar-refractivity contribution in [1.29, 1.82) is 0 Å². The molecule has 0 fully saturated rings. The van der Waals surface area contributed by atoms with Crippen molar-refractivity contribution in [3.8, 4) is 34.3 Å². The highest BCUT2D eigenvalue weighted by Crippen LogP contribution is 2.41. The summed E-state index contributed by atoms with van der Waals surface area (Å²) in [5.74, 6) is 3.04. The van der Waals surface area contributed by atoms with E-state index in [-0.39, 0.29) is 6.79 Å². The van der Waals surface area contributed by atoms with E-state index in [1.807, 2.05) is 22.9 Å². The lowest BCUT2D eigenvalue weighted by atomic mass is 9.95. The number of aromatic nitrogens is 4. The number of benzene rings is 3. The van der Waals surface area contributed by atoms with E-state index in [4.69, 9.17) is 42.1 Å². The van der Waals surface area contributed by atoms with Gasteiger partial charge in [-0.2, -0.15) is 9.67 Å². The molecule has 0 aliphatic carbocycles. The molecule has 3 aromatic carbocycles. The number of methoxy groups -OCH3 is 1. The highest BCUT2D eigenvalue weighted by Gasteiger charge is 2.28. The molecule has 43 heavy (non-hydrogen) atoms. The van der Waals surface area contributed by atoms with Gasteiger partial charge in [-0.25, -0.2) is 4.98 Å². The molecule has 220 valence electrons. The van der Waals surface area contributed by atoms with Crippen LogP contribution in [-0.2, 0) is 26.1 Å². The number of aryl methyl sites for hydroxylation is 2. The van der Waals surface area contributed by atoms with Gasteiger partial charge in [0.15, 0.2) is 35.7 Å². The summed E-state index contributed by atoms with van der Waals surface area (Å²) in [6, 6.07) is 16.1. The van der Waals surface area contributed by atoms with E-state index >= 15 is 0 Å². The van der Waals surface area contributed by atoms with Crippen molar-refractivity contribution < 1.29 is 23.5 Å². The molecule has 9 nitrogen and oxygen atoms in total. The van der Waals surface area contributed by atoms with Crippen LogP contribution < -0.4 is 23.5 Å². The largest absolute Gasteiger partial charge is 0.493 e. The predicted molar refractivity (Wildman–Crippen MR) is 163 cm³/mol. The number of hydrogen-bond donors (Lipinski definition) is 0. The van der Waals surface area contributed by atoms with E-state index in [9.17, 15) is 0 Å². The fraction of sp³-hybridized carbons (Fsp3) is 0.281. The average molecular weight is 620 g/mol.